The van der Waals surface area contributed by atoms with Crippen LogP contribution in [0.1, 0.15) is 33.3 Å². The van der Waals surface area contributed by atoms with Crippen molar-refractivity contribution in [3.63, 3.8) is 0 Å². The monoisotopic (exact) mass is 276 g/mol. The van der Waals surface area contributed by atoms with Crippen LogP contribution in [0.2, 0.25) is 0 Å². The van der Waals surface area contributed by atoms with E-state index in [4.69, 9.17) is 0 Å². The highest BCUT2D eigenvalue weighted by Gasteiger charge is 2.22. The van der Waals surface area contributed by atoms with E-state index in [9.17, 15) is 9.59 Å². The molecule has 110 valence electrons. The van der Waals surface area contributed by atoms with Crippen LogP contribution < -0.4 is 10.2 Å². The second kappa shape index (κ2) is 6.55. The standard InChI is InChI=1S/C16H24N2O2/c1-6-18(13-9-7-8-12(2)10-13)14(19)11-17-15(20)16(3,4)5/h7-10H,6,11H2,1-5H3,(H,17,20). The van der Waals surface area contributed by atoms with Crippen LogP contribution in [0.15, 0.2) is 24.3 Å². The lowest BCUT2D eigenvalue weighted by atomic mass is 9.96. The summed E-state index contributed by atoms with van der Waals surface area (Å²) in [5.41, 5.74) is 1.48. The minimum atomic E-state index is -0.485. The molecule has 0 saturated carbocycles. The van der Waals surface area contributed by atoms with Crippen molar-refractivity contribution in [2.24, 2.45) is 5.41 Å². The normalized spacial score (nSPS) is 11.1. The number of rotatable bonds is 4. The fourth-order valence-electron chi connectivity index (χ4n) is 1.82. The molecule has 0 fully saturated rings. The molecule has 0 radical (unpaired) electrons. The largest absolute Gasteiger partial charge is 0.347 e. The number of anilines is 1. The highest BCUT2D eigenvalue weighted by atomic mass is 16.2. The molecule has 0 aliphatic carbocycles. The third-order valence-corrected chi connectivity index (χ3v) is 3.01. The van der Waals surface area contributed by atoms with Crippen molar-refractivity contribution in [1.82, 2.24) is 5.32 Å². The van der Waals surface area contributed by atoms with E-state index in [1.54, 1.807) is 4.90 Å². The molecule has 0 atom stereocenters. The van der Waals surface area contributed by atoms with Crippen molar-refractivity contribution in [1.29, 1.82) is 0 Å². The Morgan fingerprint density at radius 3 is 2.40 bits per heavy atom. The maximum Gasteiger partial charge on any atom is 0.246 e. The number of carbonyl (C=O) groups excluding carboxylic acids is 2. The van der Waals surface area contributed by atoms with Crippen molar-refractivity contribution < 1.29 is 9.59 Å². The number of hydrogen-bond acceptors (Lipinski definition) is 2. The van der Waals surface area contributed by atoms with Crippen LogP contribution in [-0.4, -0.2) is 24.9 Å². The van der Waals surface area contributed by atoms with Gasteiger partial charge in [0.05, 0.1) is 6.54 Å². The number of nitrogens with zero attached hydrogens (tertiary/aromatic N) is 1. The Labute approximate surface area is 121 Å². The fraction of sp³-hybridized carbons (Fsp3) is 0.500. The van der Waals surface area contributed by atoms with E-state index in [2.05, 4.69) is 5.32 Å². The van der Waals surface area contributed by atoms with Crippen molar-refractivity contribution in [3.05, 3.63) is 29.8 Å². The molecular formula is C16H24N2O2. The average molecular weight is 276 g/mol. The third kappa shape index (κ3) is 4.37. The molecular weight excluding hydrogens is 252 g/mol. The summed E-state index contributed by atoms with van der Waals surface area (Å²) in [7, 11) is 0. The van der Waals surface area contributed by atoms with Crippen LogP contribution in [0.4, 0.5) is 5.69 Å². The zero-order chi connectivity index (χ0) is 15.3. The summed E-state index contributed by atoms with van der Waals surface area (Å²) in [6.07, 6.45) is 0. The lowest BCUT2D eigenvalue weighted by molar-refractivity contribution is -0.130. The maximum atomic E-state index is 12.2. The zero-order valence-electron chi connectivity index (χ0n) is 13.0. The van der Waals surface area contributed by atoms with E-state index in [0.29, 0.717) is 6.54 Å². The lowest BCUT2D eigenvalue weighted by Gasteiger charge is -2.23. The Kier molecular flexibility index (Phi) is 5.31. The Morgan fingerprint density at radius 1 is 1.25 bits per heavy atom. The summed E-state index contributed by atoms with van der Waals surface area (Å²) >= 11 is 0. The number of aryl methyl sites for hydroxylation is 1. The van der Waals surface area contributed by atoms with E-state index in [1.807, 2.05) is 58.9 Å². The van der Waals surface area contributed by atoms with Crippen LogP contribution >= 0.6 is 0 Å². The van der Waals surface area contributed by atoms with Gasteiger partial charge in [-0.1, -0.05) is 32.9 Å². The molecule has 1 aromatic carbocycles. The number of amides is 2. The first-order valence-electron chi connectivity index (χ1n) is 6.91. The number of benzene rings is 1. The van der Waals surface area contributed by atoms with E-state index >= 15 is 0 Å². The first kappa shape index (κ1) is 16.2. The van der Waals surface area contributed by atoms with Gasteiger partial charge in [0.1, 0.15) is 0 Å². The predicted octanol–water partition coefficient (Wildman–Crippen LogP) is 2.51. The van der Waals surface area contributed by atoms with Crippen LogP contribution in [0.5, 0.6) is 0 Å². The van der Waals surface area contributed by atoms with Gasteiger partial charge in [0, 0.05) is 17.6 Å². The van der Waals surface area contributed by atoms with Gasteiger partial charge >= 0.3 is 0 Å². The SMILES string of the molecule is CCN(C(=O)CNC(=O)C(C)(C)C)c1cccc(C)c1. The molecule has 0 bridgehead atoms. The van der Waals surface area contributed by atoms with Crippen molar-refractivity contribution in [3.8, 4) is 0 Å². The van der Waals surface area contributed by atoms with Crippen LogP contribution in [-0.2, 0) is 9.59 Å². The highest BCUT2D eigenvalue weighted by molar-refractivity contribution is 5.97. The van der Waals surface area contributed by atoms with Gasteiger partial charge in [0.2, 0.25) is 11.8 Å². The smallest absolute Gasteiger partial charge is 0.246 e. The minimum absolute atomic E-state index is 0.0257. The Balaban J connectivity index is 2.72. The molecule has 1 rings (SSSR count). The molecule has 1 N–H and O–H groups in total. The van der Waals surface area contributed by atoms with Gasteiger partial charge in [0.25, 0.3) is 0 Å². The molecule has 4 nitrogen and oxygen atoms in total. The molecule has 0 aliphatic heterocycles. The third-order valence-electron chi connectivity index (χ3n) is 3.01. The summed E-state index contributed by atoms with van der Waals surface area (Å²) in [5.74, 6) is -0.221. The van der Waals surface area contributed by atoms with Crippen molar-refractivity contribution in [2.45, 2.75) is 34.6 Å². The van der Waals surface area contributed by atoms with Crippen LogP contribution in [0.3, 0.4) is 0 Å². The van der Waals surface area contributed by atoms with Gasteiger partial charge in [0.15, 0.2) is 0 Å². The molecule has 0 saturated heterocycles. The maximum absolute atomic E-state index is 12.2. The molecule has 20 heavy (non-hydrogen) atoms. The summed E-state index contributed by atoms with van der Waals surface area (Å²) in [5, 5.41) is 2.69. The molecule has 0 unspecified atom stereocenters. The number of carbonyl (C=O) groups is 2. The lowest BCUT2D eigenvalue weighted by Crippen LogP contribution is -2.43. The second-order valence-electron chi connectivity index (χ2n) is 5.91. The first-order valence-corrected chi connectivity index (χ1v) is 6.91. The fourth-order valence-corrected chi connectivity index (χ4v) is 1.82. The Hall–Kier alpha value is -1.84. The van der Waals surface area contributed by atoms with Crippen LogP contribution in [0.25, 0.3) is 0 Å². The van der Waals surface area contributed by atoms with E-state index < -0.39 is 5.41 Å². The summed E-state index contributed by atoms with van der Waals surface area (Å²) in [6.45, 7) is 9.99. The van der Waals surface area contributed by atoms with Crippen molar-refractivity contribution in [2.75, 3.05) is 18.0 Å². The highest BCUT2D eigenvalue weighted by Crippen LogP contribution is 2.16. The first-order chi connectivity index (χ1) is 9.25. The molecule has 0 spiro atoms. The Morgan fingerprint density at radius 2 is 1.90 bits per heavy atom. The minimum Gasteiger partial charge on any atom is -0.347 e. The van der Waals surface area contributed by atoms with Gasteiger partial charge in [-0.15, -0.1) is 0 Å². The Bertz CT molecular complexity index is 489. The summed E-state index contributed by atoms with van der Waals surface area (Å²) in [4.78, 5) is 25.7. The van der Waals surface area contributed by atoms with Crippen LogP contribution in [0, 0.1) is 12.3 Å². The number of hydrogen-bond donors (Lipinski definition) is 1. The quantitative estimate of drug-likeness (QED) is 0.918. The number of likely N-dealkylation sites (N-methyl/N-ethyl adjacent to an activating group) is 1. The van der Waals surface area contributed by atoms with Gasteiger partial charge in [-0.05, 0) is 31.5 Å². The average Bonchev–Trinajstić information content (AvgIpc) is 2.35. The molecule has 2 amide bonds. The molecule has 0 aliphatic rings. The van der Waals surface area contributed by atoms with Gasteiger partial charge in [-0.3, -0.25) is 9.59 Å². The molecule has 0 heterocycles. The number of nitrogens with one attached hydrogen (secondary N) is 1. The molecule has 0 aromatic heterocycles. The van der Waals surface area contributed by atoms with Gasteiger partial charge in [-0.2, -0.15) is 0 Å². The van der Waals surface area contributed by atoms with E-state index in [0.717, 1.165) is 11.3 Å². The second-order valence-corrected chi connectivity index (χ2v) is 5.91. The van der Waals surface area contributed by atoms with Crippen molar-refractivity contribution >= 4 is 17.5 Å². The molecule has 4 heteroatoms. The predicted molar refractivity (Wildman–Crippen MR) is 81.7 cm³/mol. The van der Waals surface area contributed by atoms with Gasteiger partial charge < -0.3 is 10.2 Å². The summed E-state index contributed by atoms with van der Waals surface area (Å²) < 4.78 is 0. The topological polar surface area (TPSA) is 49.4 Å². The van der Waals surface area contributed by atoms with E-state index in [-0.39, 0.29) is 18.4 Å². The summed E-state index contributed by atoms with van der Waals surface area (Å²) in [6, 6.07) is 7.78. The van der Waals surface area contributed by atoms with E-state index in [1.165, 1.54) is 0 Å². The zero-order valence-corrected chi connectivity index (χ0v) is 13.0. The molecule has 1 aromatic rings. The van der Waals surface area contributed by atoms with Gasteiger partial charge in [-0.25, -0.2) is 0 Å².